The molecule has 0 saturated carbocycles. The molecule has 1 heterocycles. The summed E-state index contributed by atoms with van der Waals surface area (Å²) in [5, 5.41) is 15.7. The minimum Gasteiger partial charge on any atom is -0.384 e. The molecule has 3 atom stereocenters. The molecule has 1 aliphatic rings. The summed E-state index contributed by atoms with van der Waals surface area (Å²) in [6.45, 7) is 8.76. The Morgan fingerprint density at radius 1 is 1.03 bits per heavy atom. The maximum Gasteiger partial charge on any atom is 0.251 e. The van der Waals surface area contributed by atoms with Crippen LogP contribution in [0.4, 0.5) is 0 Å². The van der Waals surface area contributed by atoms with Crippen LogP contribution in [0.25, 0.3) is 0 Å². The van der Waals surface area contributed by atoms with Crippen molar-refractivity contribution in [1.82, 2.24) is 10.2 Å². The highest BCUT2D eigenvalue weighted by atomic mass is 35.5. The Bertz CT molecular complexity index is 992. The number of piperidine rings is 1. The van der Waals surface area contributed by atoms with E-state index in [-0.39, 0.29) is 23.8 Å². The molecule has 33 heavy (non-hydrogen) atoms. The predicted molar refractivity (Wildman–Crippen MR) is 132 cm³/mol. The summed E-state index contributed by atoms with van der Waals surface area (Å²) in [5.41, 5.74) is -0.230. The van der Waals surface area contributed by atoms with E-state index < -0.39 is 11.0 Å². The lowest BCUT2D eigenvalue weighted by Gasteiger charge is -2.50. The molecule has 0 unspecified atom stereocenters. The van der Waals surface area contributed by atoms with E-state index in [1.807, 2.05) is 44.7 Å². The number of carbonyl (C=O) groups excluding carboxylic acids is 2. The van der Waals surface area contributed by atoms with Crippen LogP contribution in [-0.2, 0) is 10.4 Å². The van der Waals surface area contributed by atoms with Gasteiger partial charge in [0.1, 0.15) is 0 Å². The second kappa shape index (κ2) is 10.0. The van der Waals surface area contributed by atoms with Gasteiger partial charge in [-0.2, -0.15) is 0 Å². The van der Waals surface area contributed by atoms with Crippen LogP contribution in [0.3, 0.4) is 0 Å². The number of rotatable bonds is 6. The minimum absolute atomic E-state index is 0.0290. The number of amides is 2. The first-order chi connectivity index (χ1) is 15.4. The van der Waals surface area contributed by atoms with Gasteiger partial charge in [0.05, 0.1) is 5.60 Å². The van der Waals surface area contributed by atoms with Crippen molar-refractivity contribution >= 4 is 35.0 Å². The second-order valence-electron chi connectivity index (χ2n) is 9.77. The largest absolute Gasteiger partial charge is 0.384 e. The highest BCUT2D eigenvalue weighted by Crippen LogP contribution is 2.46. The molecule has 0 aromatic heterocycles. The summed E-state index contributed by atoms with van der Waals surface area (Å²) >= 11 is 11.9. The van der Waals surface area contributed by atoms with Crippen LogP contribution >= 0.6 is 23.2 Å². The van der Waals surface area contributed by atoms with Gasteiger partial charge < -0.3 is 15.3 Å². The van der Waals surface area contributed by atoms with Gasteiger partial charge in [0.15, 0.2) is 0 Å². The lowest BCUT2D eigenvalue weighted by molar-refractivity contribution is -0.154. The van der Waals surface area contributed by atoms with Crippen molar-refractivity contribution in [2.24, 2.45) is 11.3 Å². The van der Waals surface area contributed by atoms with E-state index in [2.05, 4.69) is 5.32 Å². The third-order valence-corrected chi connectivity index (χ3v) is 7.44. The SMILES string of the molecule is C[C@H](CC(=O)N1CC[C@](O)(c2ccc(Cl)cc2)C(C)(C)C1)[C@@H](C)NC(=O)c1ccc(Cl)cc1. The Hall–Kier alpha value is -2.08. The van der Waals surface area contributed by atoms with E-state index >= 15 is 0 Å². The van der Waals surface area contributed by atoms with Crippen molar-refractivity contribution in [3.63, 3.8) is 0 Å². The molecule has 1 fully saturated rings. The van der Waals surface area contributed by atoms with Crippen LogP contribution in [0.1, 0.15) is 56.5 Å². The molecule has 2 N–H and O–H groups in total. The molecule has 5 nitrogen and oxygen atoms in total. The highest BCUT2D eigenvalue weighted by Gasteiger charge is 2.49. The molecule has 2 aromatic carbocycles. The lowest BCUT2D eigenvalue weighted by Crippen LogP contribution is -2.57. The zero-order valence-corrected chi connectivity index (χ0v) is 21.1. The monoisotopic (exact) mass is 490 g/mol. The number of benzene rings is 2. The minimum atomic E-state index is -1.04. The molecule has 0 spiro atoms. The molecule has 2 aromatic rings. The smallest absolute Gasteiger partial charge is 0.251 e. The summed E-state index contributed by atoms with van der Waals surface area (Å²) < 4.78 is 0. The number of likely N-dealkylation sites (tertiary alicyclic amines) is 1. The Kier molecular flexibility index (Phi) is 7.77. The average Bonchev–Trinajstić information content (AvgIpc) is 2.76. The molecule has 1 aliphatic heterocycles. The van der Waals surface area contributed by atoms with Gasteiger partial charge in [-0.1, -0.05) is 56.1 Å². The molecule has 178 valence electrons. The summed E-state index contributed by atoms with van der Waals surface area (Å²) in [6, 6.07) is 13.8. The van der Waals surface area contributed by atoms with Crippen molar-refractivity contribution < 1.29 is 14.7 Å². The van der Waals surface area contributed by atoms with Crippen LogP contribution in [0, 0.1) is 11.3 Å². The van der Waals surface area contributed by atoms with E-state index in [9.17, 15) is 14.7 Å². The Morgan fingerprint density at radius 3 is 2.12 bits per heavy atom. The van der Waals surface area contributed by atoms with Gasteiger partial charge >= 0.3 is 0 Å². The number of nitrogens with one attached hydrogen (secondary N) is 1. The fourth-order valence-electron chi connectivity index (χ4n) is 4.41. The first-order valence-corrected chi connectivity index (χ1v) is 12.0. The fourth-order valence-corrected chi connectivity index (χ4v) is 4.66. The van der Waals surface area contributed by atoms with Crippen molar-refractivity contribution in [3.05, 3.63) is 69.7 Å². The van der Waals surface area contributed by atoms with Crippen LogP contribution in [0.5, 0.6) is 0 Å². The molecule has 7 heteroatoms. The predicted octanol–water partition coefficient (Wildman–Crippen LogP) is 5.28. The Morgan fingerprint density at radius 2 is 1.58 bits per heavy atom. The van der Waals surface area contributed by atoms with Gasteiger partial charge in [-0.25, -0.2) is 0 Å². The van der Waals surface area contributed by atoms with Crippen molar-refractivity contribution in [2.45, 2.75) is 52.2 Å². The van der Waals surface area contributed by atoms with Crippen LogP contribution < -0.4 is 5.32 Å². The fraction of sp³-hybridized carbons (Fsp3) is 0.462. The van der Waals surface area contributed by atoms with E-state index in [4.69, 9.17) is 23.2 Å². The average molecular weight is 491 g/mol. The van der Waals surface area contributed by atoms with Crippen molar-refractivity contribution in [2.75, 3.05) is 13.1 Å². The summed E-state index contributed by atoms with van der Waals surface area (Å²) in [4.78, 5) is 27.4. The van der Waals surface area contributed by atoms with Gasteiger partial charge in [0.2, 0.25) is 5.91 Å². The molecular formula is C26H32Cl2N2O3. The molecule has 3 rings (SSSR count). The Labute approximate surface area is 206 Å². The van der Waals surface area contributed by atoms with Gasteiger partial charge in [-0.3, -0.25) is 9.59 Å². The second-order valence-corrected chi connectivity index (χ2v) is 10.6. The van der Waals surface area contributed by atoms with Gasteiger partial charge in [0.25, 0.3) is 5.91 Å². The lowest BCUT2D eigenvalue weighted by atomic mass is 9.66. The Balaban J connectivity index is 1.59. The normalized spacial score (nSPS) is 21.8. The zero-order valence-electron chi connectivity index (χ0n) is 19.6. The molecule has 0 bridgehead atoms. The van der Waals surface area contributed by atoms with Gasteiger partial charge in [-0.15, -0.1) is 0 Å². The third kappa shape index (κ3) is 5.71. The van der Waals surface area contributed by atoms with Crippen LogP contribution in [0.15, 0.2) is 48.5 Å². The van der Waals surface area contributed by atoms with Gasteiger partial charge in [-0.05, 0) is 61.2 Å². The first kappa shape index (κ1) is 25.5. The number of hydrogen-bond acceptors (Lipinski definition) is 3. The van der Waals surface area contributed by atoms with E-state index in [1.165, 1.54) is 0 Å². The third-order valence-electron chi connectivity index (χ3n) is 6.94. The highest BCUT2D eigenvalue weighted by molar-refractivity contribution is 6.30. The maximum atomic E-state index is 13.1. The van der Waals surface area contributed by atoms with Crippen LogP contribution in [0.2, 0.25) is 10.0 Å². The van der Waals surface area contributed by atoms with Gasteiger partial charge in [0, 0.05) is 46.6 Å². The molecule has 2 amide bonds. The molecule has 1 saturated heterocycles. The standard InChI is InChI=1S/C26H32Cl2N2O3/c1-17(18(2)29-24(32)19-5-9-21(27)10-6-19)15-23(31)30-14-13-26(33,25(3,4)16-30)20-7-11-22(28)12-8-20/h5-12,17-18,33H,13-16H2,1-4H3,(H,29,32)/t17-,18-,26+/m1/s1. The maximum absolute atomic E-state index is 13.1. The van der Waals surface area contributed by atoms with Crippen molar-refractivity contribution in [1.29, 1.82) is 0 Å². The quantitative estimate of drug-likeness (QED) is 0.578. The number of halogens is 2. The number of carbonyl (C=O) groups is 2. The van der Waals surface area contributed by atoms with E-state index in [0.717, 1.165) is 5.56 Å². The topological polar surface area (TPSA) is 69.6 Å². The van der Waals surface area contributed by atoms with Crippen molar-refractivity contribution in [3.8, 4) is 0 Å². The van der Waals surface area contributed by atoms with Crippen LogP contribution in [-0.4, -0.2) is 41.0 Å². The summed E-state index contributed by atoms with van der Waals surface area (Å²) in [5.74, 6) is -0.208. The summed E-state index contributed by atoms with van der Waals surface area (Å²) in [7, 11) is 0. The molecule has 0 radical (unpaired) electrons. The van der Waals surface area contributed by atoms with E-state index in [1.54, 1.807) is 36.4 Å². The number of aliphatic hydroxyl groups is 1. The zero-order chi connectivity index (χ0) is 24.4. The molecule has 0 aliphatic carbocycles. The summed E-state index contributed by atoms with van der Waals surface area (Å²) in [6.07, 6.45) is 0.766. The number of nitrogens with zero attached hydrogens (tertiary/aromatic N) is 1. The first-order valence-electron chi connectivity index (χ1n) is 11.3. The van der Waals surface area contributed by atoms with E-state index in [0.29, 0.717) is 41.5 Å². The molecular weight excluding hydrogens is 459 g/mol. The number of hydrogen-bond donors (Lipinski definition) is 2.